The van der Waals surface area contributed by atoms with Gasteiger partial charge in [-0.15, -0.1) is 5.10 Å². The molecule has 0 aliphatic heterocycles. The van der Waals surface area contributed by atoms with Gasteiger partial charge in [0.2, 0.25) is 0 Å². The SMILES string of the molecule is CCCNc1nc(=O)[nH]c2n[nH]nc12. The Morgan fingerprint density at radius 1 is 1.43 bits per heavy atom. The van der Waals surface area contributed by atoms with E-state index < -0.39 is 5.69 Å². The van der Waals surface area contributed by atoms with E-state index in [2.05, 4.69) is 30.7 Å². The molecule has 0 aromatic carbocycles. The van der Waals surface area contributed by atoms with Crippen LogP contribution >= 0.6 is 0 Å². The van der Waals surface area contributed by atoms with Crippen molar-refractivity contribution in [2.24, 2.45) is 0 Å². The second-order valence-corrected chi connectivity index (χ2v) is 2.84. The number of nitrogens with one attached hydrogen (secondary N) is 3. The summed E-state index contributed by atoms with van der Waals surface area (Å²) in [6.07, 6.45) is 0.952. The van der Waals surface area contributed by atoms with Gasteiger partial charge in [0, 0.05) is 6.54 Å². The van der Waals surface area contributed by atoms with Crippen molar-refractivity contribution < 1.29 is 0 Å². The van der Waals surface area contributed by atoms with Gasteiger partial charge in [0.25, 0.3) is 0 Å². The van der Waals surface area contributed by atoms with Crippen molar-refractivity contribution in [2.45, 2.75) is 13.3 Å². The highest BCUT2D eigenvalue weighted by molar-refractivity contribution is 5.81. The Kier molecular flexibility index (Phi) is 2.13. The Morgan fingerprint density at radius 2 is 2.29 bits per heavy atom. The molecule has 74 valence electrons. The van der Waals surface area contributed by atoms with Gasteiger partial charge < -0.3 is 5.32 Å². The van der Waals surface area contributed by atoms with Crippen LogP contribution in [0.2, 0.25) is 0 Å². The summed E-state index contributed by atoms with van der Waals surface area (Å²) in [5.74, 6) is 0.472. The predicted octanol–water partition coefficient (Wildman–Crippen LogP) is -0.137. The summed E-state index contributed by atoms with van der Waals surface area (Å²) in [6, 6.07) is 0. The number of hydrogen-bond acceptors (Lipinski definition) is 5. The van der Waals surface area contributed by atoms with Crippen LogP contribution in [0.25, 0.3) is 11.2 Å². The van der Waals surface area contributed by atoms with Crippen LogP contribution in [0.4, 0.5) is 5.82 Å². The number of rotatable bonds is 3. The van der Waals surface area contributed by atoms with Crippen LogP contribution < -0.4 is 11.0 Å². The van der Waals surface area contributed by atoms with Gasteiger partial charge in [-0.1, -0.05) is 6.92 Å². The minimum absolute atomic E-state index is 0.420. The lowest BCUT2D eigenvalue weighted by Crippen LogP contribution is -2.14. The average molecular weight is 194 g/mol. The summed E-state index contributed by atoms with van der Waals surface area (Å²) in [5.41, 5.74) is 0.548. The average Bonchev–Trinajstić information content (AvgIpc) is 2.61. The maximum absolute atomic E-state index is 11.1. The summed E-state index contributed by atoms with van der Waals surface area (Å²) < 4.78 is 0. The van der Waals surface area contributed by atoms with Crippen LogP contribution in [0, 0.1) is 0 Å². The maximum atomic E-state index is 11.1. The highest BCUT2D eigenvalue weighted by Gasteiger charge is 2.07. The first-order valence-corrected chi connectivity index (χ1v) is 4.36. The second kappa shape index (κ2) is 3.44. The van der Waals surface area contributed by atoms with Crippen molar-refractivity contribution in [3.8, 4) is 0 Å². The minimum Gasteiger partial charge on any atom is -0.368 e. The number of aromatic amines is 2. The Hall–Kier alpha value is -1.92. The first kappa shape index (κ1) is 8.67. The van der Waals surface area contributed by atoms with E-state index in [-0.39, 0.29) is 0 Å². The van der Waals surface area contributed by atoms with E-state index in [4.69, 9.17) is 0 Å². The zero-order valence-corrected chi connectivity index (χ0v) is 7.66. The molecule has 0 radical (unpaired) electrons. The van der Waals surface area contributed by atoms with Gasteiger partial charge in [-0.3, -0.25) is 4.98 Å². The lowest BCUT2D eigenvalue weighted by atomic mass is 10.4. The smallest absolute Gasteiger partial charge is 0.348 e. The summed E-state index contributed by atoms with van der Waals surface area (Å²) in [7, 11) is 0. The van der Waals surface area contributed by atoms with Crippen LogP contribution in [0.1, 0.15) is 13.3 Å². The molecule has 0 unspecified atom stereocenters. The molecule has 14 heavy (non-hydrogen) atoms. The molecule has 2 aromatic rings. The molecular formula is C7H10N6O. The number of fused-ring (bicyclic) bond motifs is 1. The van der Waals surface area contributed by atoms with E-state index in [1.165, 1.54) is 0 Å². The fourth-order valence-corrected chi connectivity index (χ4v) is 1.13. The minimum atomic E-state index is -0.426. The standard InChI is InChI=1S/C7H10N6O/c1-2-3-8-5-4-6(12-13-11-4)10-7(14)9-5/h2-3H2,1H3,(H3,8,9,10,11,12,13,14). The van der Waals surface area contributed by atoms with E-state index in [9.17, 15) is 4.79 Å². The van der Waals surface area contributed by atoms with Gasteiger partial charge in [0.05, 0.1) is 0 Å². The highest BCUT2D eigenvalue weighted by atomic mass is 16.1. The topological polar surface area (TPSA) is 99.4 Å². The molecule has 2 heterocycles. The normalized spacial score (nSPS) is 10.6. The summed E-state index contributed by atoms with van der Waals surface area (Å²) in [5, 5.41) is 13.1. The fourth-order valence-electron chi connectivity index (χ4n) is 1.13. The van der Waals surface area contributed by atoms with Gasteiger partial charge in [-0.25, -0.2) is 4.79 Å². The maximum Gasteiger partial charge on any atom is 0.348 e. The Labute approximate surface area is 78.9 Å². The Balaban J connectivity index is 2.50. The number of H-pyrrole nitrogens is 2. The lowest BCUT2D eigenvalue weighted by Gasteiger charge is -2.01. The zero-order valence-electron chi connectivity index (χ0n) is 7.66. The third-order valence-electron chi connectivity index (χ3n) is 1.75. The van der Waals surface area contributed by atoms with Crippen LogP contribution in [0.15, 0.2) is 4.79 Å². The van der Waals surface area contributed by atoms with Crippen LogP contribution in [0.5, 0.6) is 0 Å². The number of aromatic nitrogens is 5. The number of nitrogens with zero attached hydrogens (tertiary/aromatic N) is 3. The van der Waals surface area contributed by atoms with E-state index >= 15 is 0 Å². The molecule has 0 aliphatic carbocycles. The molecule has 0 aliphatic rings. The molecule has 0 spiro atoms. The zero-order chi connectivity index (χ0) is 9.97. The predicted molar refractivity (Wildman–Crippen MR) is 51.1 cm³/mol. The number of hydrogen-bond donors (Lipinski definition) is 3. The largest absolute Gasteiger partial charge is 0.368 e. The molecule has 0 fully saturated rings. The third kappa shape index (κ3) is 1.43. The lowest BCUT2D eigenvalue weighted by molar-refractivity contribution is 0.952. The molecule has 0 amide bonds. The van der Waals surface area contributed by atoms with Crippen molar-refractivity contribution in [2.75, 3.05) is 11.9 Å². The molecule has 0 saturated heterocycles. The third-order valence-corrected chi connectivity index (χ3v) is 1.75. The summed E-state index contributed by atoms with van der Waals surface area (Å²) >= 11 is 0. The van der Waals surface area contributed by atoms with Crippen molar-refractivity contribution in [1.82, 2.24) is 25.4 Å². The van der Waals surface area contributed by atoms with E-state index in [1.54, 1.807) is 0 Å². The van der Waals surface area contributed by atoms with E-state index in [0.717, 1.165) is 13.0 Å². The summed E-state index contributed by atoms with van der Waals surface area (Å²) in [6.45, 7) is 2.78. The van der Waals surface area contributed by atoms with Gasteiger partial charge in [0.1, 0.15) is 0 Å². The van der Waals surface area contributed by atoms with Crippen LogP contribution in [0.3, 0.4) is 0 Å². The number of anilines is 1. The molecule has 2 aromatic heterocycles. The van der Waals surface area contributed by atoms with Crippen molar-refractivity contribution >= 4 is 17.0 Å². The molecule has 2 rings (SSSR count). The quantitative estimate of drug-likeness (QED) is 0.631. The van der Waals surface area contributed by atoms with Crippen molar-refractivity contribution in [3.63, 3.8) is 0 Å². The molecule has 7 heteroatoms. The fraction of sp³-hybridized carbons (Fsp3) is 0.429. The van der Waals surface area contributed by atoms with E-state index in [0.29, 0.717) is 17.0 Å². The van der Waals surface area contributed by atoms with Gasteiger partial charge in [-0.2, -0.15) is 15.3 Å². The van der Waals surface area contributed by atoms with Crippen molar-refractivity contribution in [3.05, 3.63) is 10.5 Å². The first-order valence-electron chi connectivity index (χ1n) is 4.36. The van der Waals surface area contributed by atoms with Gasteiger partial charge in [0.15, 0.2) is 17.0 Å². The van der Waals surface area contributed by atoms with E-state index in [1.807, 2.05) is 6.92 Å². The molecule has 7 nitrogen and oxygen atoms in total. The first-order chi connectivity index (χ1) is 6.81. The molecule has 3 N–H and O–H groups in total. The van der Waals surface area contributed by atoms with Gasteiger partial charge >= 0.3 is 5.69 Å². The molecule has 0 atom stereocenters. The molecular weight excluding hydrogens is 184 g/mol. The van der Waals surface area contributed by atoms with Crippen LogP contribution in [-0.2, 0) is 0 Å². The monoisotopic (exact) mass is 194 g/mol. The van der Waals surface area contributed by atoms with Gasteiger partial charge in [-0.05, 0) is 6.42 Å². The van der Waals surface area contributed by atoms with Crippen LogP contribution in [-0.4, -0.2) is 31.9 Å². The summed E-state index contributed by atoms with van der Waals surface area (Å²) in [4.78, 5) is 17.3. The molecule has 0 bridgehead atoms. The van der Waals surface area contributed by atoms with Crippen molar-refractivity contribution in [1.29, 1.82) is 0 Å². The molecule has 0 saturated carbocycles. The second-order valence-electron chi connectivity index (χ2n) is 2.84. The Morgan fingerprint density at radius 3 is 3.07 bits per heavy atom. The highest BCUT2D eigenvalue weighted by Crippen LogP contribution is 2.10. The Bertz CT molecular complexity index is 486.